The Balaban J connectivity index is 1.68. The number of pyridine rings is 1. The molecule has 0 unspecified atom stereocenters. The number of likely N-dealkylation sites (tertiary alicyclic amines) is 1. The number of benzene rings is 1. The summed E-state index contributed by atoms with van der Waals surface area (Å²) >= 11 is 3.52. The van der Waals surface area contributed by atoms with Gasteiger partial charge in [-0.1, -0.05) is 42.4 Å². The maximum absolute atomic E-state index is 12.5. The Morgan fingerprint density at radius 2 is 1.93 bits per heavy atom. The van der Waals surface area contributed by atoms with E-state index in [4.69, 9.17) is 0 Å². The van der Waals surface area contributed by atoms with Crippen molar-refractivity contribution in [3.8, 4) is 0 Å². The summed E-state index contributed by atoms with van der Waals surface area (Å²) in [6.45, 7) is 10.6. The second-order valence-corrected chi connectivity index (χ2v) is 8.85. The third kappa shape index (κ3) is 5.69. The summed E-state index contributed by atoms with van der Waals surface area (Å²) in [5, 5.41) is 5.50. The van der Waals surface area contributed by atoms with E-state index in [9.17, 15) is 9.59 Å². The van der Waals surface area contributed by atoms with Gasteiger partial charge in [0, 0.05) is 35.0 Å². The standard InChI is InChI=1S/C23H27BrN4O2/c1-15-10-16(2)14-28(13-15)17(3)19-11-18(24)7-8-20(19)27-22(29)12-26-23(30)21-6-4-5-9-25-21/h4-9,11,15-16H,3,10,12-14H2,1-2H3,(H,26,30)(H,27,29)/t15-,16+. The highest BCUT2D eigenvalue weighted by Gasteiger charge is 2.24. The normalized spacial score (nSPS) is 18.6. The third-order valence-electron chi connectivity index (χ3n) is 5.12. The van der Waals surface area contributed by atoms with Gasteiger partial charge in [-0.25, -0.2) is 0 Å². The SMILES string of the molecule is C=C(c1cc(Br)ccc1NC(=O)CNC(=O)c1ccccn1)N1C[C@H](C)C[C@H](C)C1. The molecule has 1 aliphatic heterocycles. The Kier molecular flexibility index (Phi) is 7.26. The number of rotatable bonds is 6. The van der Waals surface area contributed by atoms with Crippen LogP contribution in [0, 0.1) is 11.8 Å². The van der Waals surface area contributed by atoms with E-state index in [-0.39, 0.29) is 24.1 Å². The van der Waals surface area contributed by atoms with Crippen LogP contribution >= 0.6 is 15.9 Å². The molecule has 0 saturated carbocycles. The van der Waals surface area contributed by atoms with Gasteiger partial charge >= 0.3 is 0 Å². The van der Waals surface area contributed by atoms with E-state index in [1.165, 1.54) is 12.6 Å². The maximum atomic E-state index is 12.5. The molecule has 2 aromatic rings. The number of hydrogen-bond acceptors (Lipinski definition) is 4. The molecule has 2 amide bonds. The minimum atomic E-state index is -0.387. The van der Waals surface area contributed by atoms with E-state index >= 15 is 0 Å². The fourth-order valence-corrected chi connectivity index (χ4v) is 4.22. The van der Waals surface area contributed by atoms with Crippen molar-refractivity contribution in [2.75, 3.05) is 25.0 Å². The molecule has 1 aromatic heterocycles. The van der Waals surface area contributed by atoms with Crippen molar-refractivity contribution in [1.82, 2.24) is 15.2 Å². The first-order valence-corrected chi connectivity index (χ1v) is 10.9. The number of anilines is 1. The lowest BCUT2D eigenvalue weighted by Crippen LogP contribution is -2.37. The quantitative estimate of drug-likeness (QED) is 0.664. The van der Waals surface area contributed by atoms with Gasteiger partial charge in [0.15, 0.2) is 0 Å². The number of hydrogen-bond donors (Lipinski definition) is 2. The molecule has 0 spiro atoms. The zero-order valence-electron chi connectivity index (χ0n) is 17.3. The fourth-order valence-electron chi connectivity index (χ4n) is 3.86. The van der Waals surface area contributed by atoms with Crippen molar-refractivity contribution in [3.05, 3.63) is 64.9 Å². The van der Waals surface area contributed by atoms with Crippen molar-refractivity contribution >= 4 is 39.1 Å². The molecule has 2 N–H and O–H groups in total. The van der Waals surface area contributed by atoms with Crippen molar-refractivity contribution in [2.45, 2.75) is 20.3 Å². The summed E-state index contributed by atoms with van der Waals surface area (Å²) in [7, 11) is 0. The Morgan fingerprint density at radius 1 is 1.20 bits per heavy atom. The van der Waals surface area contributed by atoms with Gasteiger partial charge in [0.1, 0.15) is 5.69 Å². The highest BCUT2D eigenvalue weighted by Crippen LogP contribution is 2.32. The zero-order chi connectivity index (χ0) is 21.7. The molecule has 1 saturated heterocycles. The van der Waals surface area contributed by atoms with Gasteiger partial charge in [-0.15, -0.1) is 0 Å². The fraction of sp³-hybridized carbons (Fsp3) is 0.348. The van der Waals surface area contributed by atoms with Crippen LogP contribution in [0.4, 0.5) is 5.69 Å². The largest absolute Gasteiger partial charge is 0.371 e. The van der Waals surface area contributed by atoms with Gasteiger partial charge in [0.05, 0.1) is 12.2 Å². The summed E-state index contributed by atoms with van der Waals surface area (Å²) in [6.07, 6.45) is 2.75. The number of aromatic nitrogens is 1. The smallest absolute Gasteiger partial charge is 0.270 e. The molecule has 0 bridgehead atoms. The monoisotopic (exact) mass is 470 g/mol. The van der Waals surface area contributed by atoms with Crippen LogP contribution in [0.25, 0.3) is 5.70 Å². The number of nitrogens with zero attached hydrogens (tertiary/aromatic N) is 2. The molecule has 30 heavy (non-hydrogen) atoms. The van der Waals surface area contributed by atoms with Gasteiger partial charge in [0.25, 0.3) is 5.91 Å². The molecule has 7 heteroatoms. The number of carbonyl (C=O) groups is 2. The van der Waals surface area contributed by atoms with Crippen molar-refractivity contribution in [2.24, 2.45) is 11.8 Å². The average molecular weight is 471 g/mol. The summed E-state index contributed by atoms with van der Waals surface area (Å²) in [5.41, 5.74) is 2.71. The molecule has 2 atom stereocenters. The second kappa shape index (κ2) is 9.89. The summed E-state index contributed by atoms with van der Waals surface area (Å²) in [4.78, 5) is 30.9. The summed E-state index contributed by atoms with van der Waals surface area (Å²) in [5.74, 6) is 0.494. The number of carbonyl (C=O) groups excluding carboxylic acids is 2. The van der Waals surface area contributed by atoms with E-state index in [0.29, 0.717) is 17.5 Å². The first-order valence-electron chi connectivity index (χ1n) is 10.1. The van der Waals surface area contributed by atoms with E-state index in [1.54, 1.807) is 18.2 Å². The first-order chi connectivity index (χ1) is 14.3. The molecule has 1 aliphatic rings. The van der Waals surface area contributed by atoms with Crippen molar-refractivity contribution in [3.63, 3.8) is 0 Å². The highest BCUT2D eigenvalue weighted by atomic mass is 79.9. The van der Waals surface area contributed by atoms with Crippen LogP contribution < -0.4 is 10.6 Å². The van der Waals surface area contributed by atoms with E-state index in [0.717, 1.165) is 28.8 Å². The highest BCUT2D eigenvalue weighted by molar-refractivity contribution is 9.10. The zero-order valence-corrected chi connectivity index (χ0v) is 18.9. The molecule has 6 nitrogen and oxygen atoms in total. The topological polar surface area (TPSA) is 74.3 Å². The molecule has 1 fully saturated rings. The van der Waals surface area contributed by atoms with E-state index < -0.39 is 0 Å². The molecular formula is C23H27BrN4O2. The lowest BCUT2D eigenvalue weighted by Gasteiger charge is -2.38. The van der Waals surface area contributed by atoms with E-state index in [1.807, 2.05) is 18.2 Å². The minimum Gasteiger partial charge on any atom is -0.371 e. The molecule has 2 heterocycles. The Hall–Kier alpha value is -2.67. The average Bonchev–Trinajstić information content (AvgIpc) is 2.72. The predicted octanol–water partition coefficient (Wildman–Crippen LogP) is 4.16. The van der Waals surface area contributed by atoms with Crippen LogP contribution in [0.2, 0.25) is 0 Å². The van der Waals surface area contributed by atoms with Gasteiger partial charge < -0.3 is 15.5 Å². The Morgan fingerprint density at radius 3 is 2.60 bits per heavy atom. The third-order valence-corrected chi connectivity index (χ3v) is 5.62. The van der Waals surface area contributed by atoms with E-state index in [2.05, 4.69) is 56.9 Å². The number of piperidine rings is 1. The van der Waals surface area contributed by atoms with Crippen LogP contribution in [-0.4, -0.2) is 41.3 Å². The van der Waals surface area contributed by atoms with Crippen molar-refractivity contribution in [1.29, 1.82) is 0 Å². The maximum Gasteiger partial charge on any atom is 0.270 e. The van der Waals surface area contributed by atoms with Crippen LogP contribution in [0.5, 0.6) is 0 Å². The first kappa shape index (κ1) is 22.0. The number of nitrogens with one attached hydrogen (secondary N) is 2. The Bertz CT molecular complexity index is 922. The summed E-state index contributed by atoms with van der Waals surface area (Å²) < 4.78 is 0.915. The molecular weight excluding hydrogens is 444 g/mol. The lowest BCUT2D eigenvalue weighted by molar-refractivity contribution is -0.115. The summed E-state index contributed by atoms with van der Waals surface area (Å²) in [6, 6.07) is 10.7. The van der Waals surface area contributed by atoms with Gasteiger partial charge in [0.2, 0.25) is 5.91 Å². The molecule has 0 radical (unpaired) electrons. The van der Waals surface area contributed by atoms with Crippen molar-refractivity contribution < 1.29 is 9.59 Å². The molecule has 1 aromatic carbocycles. The second-order valence-electron chi connectivity index (χ2n) is 7.93. The number of amides is 2. The predicted molar refractivity (Wildman–Crippen MR) is 123 cm³/mol. The van der Waals surface area contributed by atoms with Crippen LogP contribution in [0.3, 0.4) is 0 Å². The van der Waals surface area contributed by atoms with Crippen LogP contribution in [-0.2, 0) is 4.79 Å². The van der Waals surface area contributed by atoms with Crippen LogP contribution in [0.1, 0.15) is 36.3 Å². The molecule has 158 valence electrons. The van der Waals surface area contributed by atoms with Gasteiger partial charge in [-0.05, 0) is 48.6 Å². The van der Waals surface area contributed by atoms with Gasteiger partial charge in [-0.3, -0.25) is 14.6 Å². The van der Waals surface area contributed by atoms with Crippen LogP contribution in [0.15, 0.2) is 53.6 Å². The number of halogens is 1. The van der Waals surface area contributed by atoms with Gasteiger partial charge in [-0.2, -0.15) is 0 Å². The molecule has 3 rings (SSSR count). The lowest BCUT2D eigenvalue weighted by atomic mass is 9.91. The minimum absolute atomic E-state index is 0.144. The Labute approximate surface area is 185 Å². The molecule has 0 aliphatic carbocycles.